The summed E-state index contributed by atoms with van der Waals surface area (Å²) in [5.74, 6) is 0.411. The lowest BCUT2D eigenvalue weighted by atomic mass is 10.1. The van der Waals surface area contributed by atoms with Crippen molar-refractivity contribution in [3.63, 3.8) is 0 Å². The zero-order valence-electron chi connectivity index (χ0n) is 8.10. The van der Waals surface area contributed by atoms with Crippen molar-refractivity contribution in [3.05, 3.63) is 57.2 Å². The molecule has 0 bridgehead atoms. The predicted octanol–water partition coefficient (Wildman–Crippen LogP) is 1.85. The Labute approximate surface area is 89.1 Å². The minimum absolute atomic E-state index is 0.221. The summed E-state index contributed by atoms with van der Waals surface area (Å²) in [5.41, 5.74) is 0.193. The van der Waals surface area contributed by atoms with Crippen molar-refractivity contribution in [1.82, 2.24) is 0 Å². The Morgan fingerprint density at radius 3 is 2.81 bits per heavy atom. The van der Waals surface area contributed by atoms with Gasteiger partial charge in [0.05, 0.1) is 17.2 Å². The van der Waals surface area contributed by atoms with Crippen molar-refractivity contribution in [1.29, 1.82) is 0 Å². The minimum atomic E-state index is -0.483. The number of benzene rings is 1. The van der Waals surface area contributed by atoms with E-state index in [1.807, 2.05) is 0 Å². The zero-order valence-corrected chi connectivity index (χ0v) is 8.10. The first-order chi connectivity index (χ1) is 7.75. The molecule has 16 heavy (non-hydrogen) atoms. The summed E-state index contributed by atoms with van der Waals surface area (Å²) in [6.45, 7) is 0. The van der Waals surface area contributed by atoms with E-state index in [9.17, 15) is 9.59 Å². The summed E-state index contributed by atoms with van der Waals surface area (Å²) >= 11 is 0. The van der Waals surface area contributed by atoms with Crippen LogP contribution in [0.2, 0.25) is 0 Å². The van der Waals surface area contributed by atoms with Gasteiger partial charge in [-0.15, -0.1) is 0 Å². The Morgan fingerprint density at radius 2 is 1.94 bits per heavy atom. The minimum Gasteiger partial charge on any atom is -0.464 e. The van der Waals surface area contributed by atoms with E-state index in [0.717, 1.165) is 0 Å². The van der Waals surface area contributed by atoms with Gasteiger partial charge in [-0.3, -0.25) is 4.79 Å². The van der Waals surface area contributed by atoms with Crippen LogP contribution in [0.1, 0.15) is 0 Å². The fraction of sp³-hybridized carbons (Fsp3) is 0. The maximum absolute atomic E-state index is 11.7. The van der Waals surface area contributed by atoms with Crippen LogP contribution >= 0.6 is 0 Å². The normalized spacial score (nSPS) is 11.0. The zero-order chi connectivity index (χ0) is 11.1. The van der Waals surface area contributed by atoms with Crippen LogP contribution in [0.15, 0.2) is 55.0 Å². The van der Waals surface area contributed by atoms with E-state index in [4.69, 9.17) is 8.83 Å². The molecule has 0 atom stereocenters. The quantitative estimate of drug-likeness (QED) is 0.423. The number of rotatable bonds is 0. The van der Waals surface area contributed by atoms with E-state index in [1.54, 1.807) is 12.1 Å². The second-order valence-corrected chi connectivity index (χ2v) is 3.40. The lowest BCUT2D eigenvalue weighted by Gasteiger charge is -2.04. The van der Waals surface area contributed by atoms with E-state index in [2.05, 4.69) is 0 Å². The van der Waals surface area contributed by atoms with Gasteiger partial charge < -0.3 is 8.83 Å². The fourth-order valence-corrected chi connectivity index (χ4v) is 1.70. The molecule has 1 aliphatic carbocycles. The number of hydrogen-bond donors (Lipinski definition) is 0. The van der Waals surface area contributed by atoms with Crippen LogP contribution in [0.5, 0.6) is 0 Å². The molecule has 1 aromatic rings. The molecule has 0 N–H and O–H groups in total. The predicted molar refractivity (Wildman–Crippen MR) is 57.6 cm³/mol. The molecule has 0 saturated carbocycles. The molecule has 0 radical (unpaired) electrons. The van der Waals surface area contributed by atoms with Crippen molar-refractivity contribution in [2.75, 3.05) is 0 Å². The second kappa shape index (κ2) is 3.06. The molecule has 78 valence electrons. The standard InChI is InChI=1S/C12H6O4/c13-9-6-10-8(2-1-5-15-10)12-7(9)3-4-11(14)16-12/h1-6H. The summed E-state index contributed by atoms with van der Waals surface area (Å²) in [5, 5.41) is 0.383. The van der Waals surface area contributed by atoms with Crippen LogP contribution in [0, 0.1) is 0 Å². The molecule has 3 rings (SSSR count). The van der Waals surface area contributed by atoms with Crippen molar-refractivity contribution in [2.24, 2.45) is 0 Å². The average Bonchev–Trinajstić information content (AvgIpc) is 2.29. The van der Waals surface area contributed by atoms with Gasteiger partial charge >= 0.3 is 5.63 Å². The van der Waals surface area contributed by atoms with Gasteiger partial charge in [0.15, 0.2) is 11.0 Å². The first kappa shape index (κ1) is 8.91. The molecular weight excluding hydrogens is 208 g/mol. The van der Waals surface area contributed by atoms with Gasteiger partial charge in [-0.2, -0.15) is 0 Å². The Kier molecular flexibility index (Phi) is 1.71. The summed E-state index contributed by atoms with van der Waals surface area (Å²) in [7, 11) is 0. The van der Waals surface area contributed by atoms with E-state index < -0.39 is 5.63 Å². The van der Waals surface area contributed by atoms with E-state index >= 15 is 0 Å². The monoisotopic (exact) mass is 214 g/mol. The molecule has 0 aromatic carbocycles. The first-order valence-electron chi connectivity index (χ1n) is 4.70. The van der Waals surface area contributed by atoms with Crippen molar-refractivity contribution in [2.45, 2.75) is 0 Å². The van der Waals surface area contributed by atoms with Crippen LogP contribution in [0.4, 0.5) is 0 Å². The fourth-order valence-electron chi connectivity index (χ4n) is 1.70. The highest BCUT2D eigenvalue weighted by Gasteiger charge is 2.13. The lowest BCUT2D eigenvalue weighted by Crippen LogP contribution is -2.05. The molecule has 1 aromatic heterocycles. The third kappa shape index (κ3) is 1.16. The van der Waals surface area contributed by atoms with Gasteiger partial charge in [-0.25, -0.2) is 4.79 Å². The summed E-state index contributed by atoms with van der Waals surface area (Å²) in [6.07, 6.45) is 1.47. The summed E-state index contributed by atoms with van der Waals surface area (Å²) < 4.78 is 10.2. The second-order valence-electron chi connectivity index (χ2n) is 3.40. The molecule has 0 saturated heterocycles. The van der Waals surface area contributed by atoms with Gasteiger partial charge in [0, 0.05) is 12.1 Å². The maximum atomic E-state index is 11.7. The number of fused-ring (bicyclic) bond motifs is 3. The Balaban J connectivity index is 2.67. The summed E-state index contributed by atoms with van der Waals surface area (Å²) in [4.78, 5) is 22.8. The van der Waals surface area contributed by atoms with Gasteiger partial charge in [0.25, 0.3) is 0 Å². The van der Waals surface area contributed by atoms with Gasteiger partial charge in [0.1, 0.15) is 5.76 Å². The maximum Gasteiger partial charge on any atom is 0.336 e. The van der Waals surface area contributed by atoms with Crippen LogP contribution < -0.4 is 11.1 Å². The van der Waals surface area contributed by atoms with Crippen LogP contribution in [-0.4, -0.2) is 0 Å². The van der Waals surface area contributed by atoms with E-state index in [0.29, 0.717) is 16.7 Å². The highest BCUT2D eigenvalue weighted by atomic mass is 16.4. The highest BCUT2D eigenvalue weighted by Crippen LogP contribution is 2.26. The molecule has 2 aliphatic rings. The molecule has 1 aliphatic heterocycles. The third-order valence-corrected chi connectivity index (χ3v) is 2.41. The molecule has 4 heteroatoms. The smallest absolute Gasteiger partial charge is 0.336 e. The van der Waals surface area contributed by atoms with Crippen molar-refractivity contribution in [3.8, 4) is 11.3 Å². The molecule has 0 amide bonds. The topological polar surface area (TPSA) is 60.4 Å². The average molecular weight is 214 g/mol. The molecular formula is C12H6O4. The lowest BCUT2D eigenvalue weighted by molar-refractivity contribution is 0.546. The first-order valence-corrected chi connectivity index (χ1v) is 4.70. The number of hydrogen-bond acceptors (Lipinski definition) is 4. The largest absolute Gasteiger partial charge is 0.464 e. The Hall–Kier alpha value is -2.36. The van der Waals surface area contributed by atoms with Gasteiger partial charge in [-0.05, 0) is 18.2 Å². The molecule has 0 fully saturated rings. The molecule has 0 unspecified atom stereocenters. The van der Waals surface area contributed by atoms with E-state index in [1.165, 1.54) is 24.5 Å². The van der Waals surface area contributed by atoms with Crippen LogP contribution in [0.3, 0.4) is 0 Å². The molecule has 2 heterocycles. The van der Waals surface area contributed by atoms with Crippen molar-refractivity contribution < 1.29 is 8.83 Å². The van der Waals surface area contributed by atoms with E-state index in [-0.39, 0.29) is 11.0 Å². The van der Waals surface area contributed by atoms with Gasteiger partial charge in [-0.1, -0.05) is 0 Å². The summed E-state index contributed by atoms with van der Waals surface area (Å²) in [6, 6.07) is 7.51. The molecule has 4 nitrogen and oxygen atoms in total. The van der Waals surface area contributed by atoms with Crippen LogP contribution in [-0.2, 0) is 0 Å². The SMILES string of the molecule is O=c1ccc2c(=O)cc3occcc-3c2o1. The third-order valence-electron chi connectivity index (χ3n) is 2.41. The Bertz CT molecular complexity index is 751. The highest BCUT2D eigenvalue weighted by molar-refractivity contribution is 5.91. The van der Waals surface area contributed by atoms with Gasteiger partial charge in [0.2, 0.25) is 0 Å². The van der Waals surface area contributed by atoms with Crippen molar-refractivity contribution >= 4 is 11.0 Å². The Morgan fingerprint density at radius 1 is 1.06 bits per heavy atom. The van der Waals surface area contributed by atoms with Crippen LogP contribution in [0.25, 0.3) is 22.3 Å². The molecule has 0 spiro atoms.